The second-order valence-electron chi connectivity index (χ2n) is 11.3. The summed E-state index contributed by atoms with van der Waals surface area (Å²) in [5.74, 6) is 0.871. The number of H-pyrrole nitrogens is 1. The molecule has 206 valence electrons. The van der Waals surface area contributed by atoms with Gasteiger partial charge in [-0.1, -0.05) is 18.2 Å². The molecule has 3 unspecified atom stereocenters. The van der Waals surface area contributed by atoms with Crippen LogP contribution in [0.2, 0.25) is 0 Å². The van der Waals surface area contributed by atoms with Gasteiger partial charge in [-0.15, -0.1) is 0 Å². The van der Waals surface area contributed by atoms with Crippen LogP contribution >= 0.6 is 0 Å². The topological polar surface area (TPSA) is 131 Å². The third-order valence-electron chi connectivity index (χ3n) is 8.92. The van der Waals surface area contributed by atoms with Gasteiger partial charge >= 0.3 is 0 Å². The fourth-order valence-electron chi connectivity index (χ4n) is 7.21. The number of fused-ring (bicyclic) bond motifs is 9. The van der Waals surface area contributed by atoms with Crippen LogP contribution in [0.5, 0.6) is 0 Å². The van der Waals surface area contributed by atoms with Gasteiger partial charge in [0.05, 0.1) is 17.0 Å². The average molecular weight is 541 g/mol. The van der Waals surface area contributed by atoms with Crippen LogP contribution in [-0.4, -0.2) is 44.8 Å². The van der Waals surface area contributed by atoms with Crippen LogP contribution in [0.1, 0.15) is 35.8 Å². The fourth-order valence-corrected chi connectivity index (χ4v) is 7.21. The smallest absolute Gasteiger partial charge is 0.250 e. The molecule has 5 atom stereocenters. The molecule has 5 heterocycles. The lowest BCUT2D eigenvalue weighted by Gasteiger charge is -2.54. The van der Waals surface area contributed by atoms with E-state index < -0.39 is 5.23 Å². The lowest BCUT2D eigenvalue weighted by Crippen LogP contribution is -2.99. The van der Waals surface area contributed by atoms with E-state index in [1.807, 2.05) is 47.0 Å². The van der Waals surface area contributed by atoms with Gasteiger partial charge in [-0.05, 0) is 55.0 Å². The molecule has 10 heteroatoms. The molecule has 0 spiro atoms. The molecule has 4 N–H and O–H groups in total. The number of piperidine rings is 1. The van der Waals surface area contributed by atoms with Crippen LogP contribution in [0.3, 0.4) is 0 Å². The van der Waals surface area contributed by atoms with E-state index in [4.69, 9.17) is 0 Å². The van der Waals surface area contributed by atoms with Crippen molar-refractivity contribution in [3.05, 3.63) is 93.3 Å². The maximum absolute atomic E-state index is 13.8. The number of para-hydroxylation sites is 2. The number of rotatable bonds is 6. The molecule has 3 aliphatic heterocycles. The maximum Gasteiger partial charge on any atom is 0.250 e. The fraction of sp³-hybridized carbons (Fsp3) is 0.367. The number of hydrogen-bond acceptors (Lipinski definition) is 6. The highest BCUT2D eigenvalue weighted by Gasteiger charge is 2.49. The largest absolute Gasteiger partial charge is 0.595 e. The number of nitrogens with one attached hydrogen (secondary N) is 3. The predicted molar refractivity (Wildman–Crippen MR) is 150 cm³/mol. The monoisotopic (exact) mass is 540 g/mol. The van der Waals surface area contributed by atoms with Crippen LogP contribution in [0, 0.1) is 17.0 Å². The number of imidazole rings is 1. The van der Waals surface area contributed by atoms with E-state index in [1.165, 1.54) is 0 Å². The summed E-state index contributed by atoms with van der Waals surface area (Å²) in [6.45, 7) is 1.81. The van der Waals surface area contributed by atoms with E-state index in [9.17, 15) is 20.0 Å². The molecule has 40 heavy (non-hydrogen) atoms. The average Bonchev–Trinajstić information content (AvgIpc) is 3.38. The van der Waals surface area contributed by atoms with E-state index in [0.29, 0.717) is 26.1 Å². The van der Waals surface area contributed by atoms with Gasteiger partial charge in [-0.2, -0.15) is 5.23 Å². The number of aromatic amines is 1. The van der Waals surface area contributed by atoms with Gasteiger partial charge in [-0.25, -0.2) is 10.2 Å². The zero-order valence-corrected chi connectivity index (χ0v) is 22.0. The van der Waals surface area contributed by atoms with E-state index in [0.717, 1.165) is 53.1 Å². The minimum atomic E-state index is -0.972. The number of anilines is 1. The van der Waals surface area contributed by atoms with Crippen molar-refractivity contribution < 1.29 is 15.2 Å². The predicted octanol–water partition coefficient (Wildman–Crippen LogP) is 2.04. The van der Waals surface area contributed by atoms with E-state index >= 15 is 0 Å². The van der Waals surface area contributed by atoms with Crippen molar-refractivity contribution in [1.29, 1.82) is 0 Å². The molecule has 3 aliphatic rings. The van der Waals surface area contributed by atoms with Gasteiger partial charge in [0, 0.05) is 67.6 Å². The Hall–Kier alpha value is -3.99. The van der Waals surface area contributed by atoms with Crippen molar-refractivity contribution in [3.8, 4) is 0 Å². The number of nitrogens with zero attached hydrogens (tertiary/aromatic N) is 3. The summed E-state index contributed by atoms with van der Waals surface area (Å²) >= 11 is 0. The van der Waals surface area contributed by atoms with Crippen LogP contribution < -0.4 is 21.0 Å². The van der Waals surface area contributed by atoms with Crippen LogP contribution in [-0.2, 0) is 24.2 Å². The number of aromatic nitrogens is 3. The number of hydrogen-bond donors (Lipinski definition) is 4. The Kier molecular flexibility index (Phi) is 6.18. The van der Waals surface area contributed by atoms with Crippen molar-refractivity contribution in [1.82, 2.24) is 19.9 Å². The van der Waals surface area contributed by atoms with Crippen molar-refractivity contribution >= 4 is 28.3 Å². The minimum Gasteiger partial charge on any atom is -0.595 e. The number of amides is 1. The molecule has 0 aliphatic carbocycles. The molecule has 4 aromatic rings. The Labute approximate surface area is 230 Å². The normalized spacial score (nSPS) is 23.7. The number of carbonyl (C=O) groups excluding carboxylic acids is 1. The molecule has 0 radical (unpaired) electrons. The van der Waals surface area contributed by atoms with Crippen molar-refractivity contribution in [3.63, 3.8) is 0 Å². The Morgan fingerprint density at radius 3 is 2.88 bits per heavy atom. The Balaban J connectivity index is 1.13. The summed E-state index contributed by atoms with van der Waals surface area (Å²) in [6.07, 6.45) is 2.89. The van der Waals surface area contributed by atoms with Crippen LogP contribution in [0.15, 0.2) is 65.5 Å². The zero-order valence-electron chi connectivity index (χ0n) is 22.0. The highest BCUT2D eigenvalue weighted by atomic mass is 16.8. The lowest BCUT2D eigenvalue weighted by molar-refractivity contribution is -0.991. The summed E-state index contributed by atoms with van der Waals surface area (Å²) in [7, 11) is 0. The van der Waals surface area contributed by atoms with Gasteiger partial charge in [0.25, 0.3) is 5.56 Å². The number of pyridine rings is 1. The third kappa shape index (κ3) is 4.28. The molecule has 1 fully saturated rings. The molecular formula is C30H32N6O4. The van der Waals surface area contributed by atoms with Gasteiger partial charge in [-0.3, -0.25) is 9.59 Å². The minimum absolute atomic E-state index is 0.00884. The van der Waals surface area contributed by atoms with Gasteiger partial charge in [0.2, 0.25) is 5.91 Å². The Morgan fingerprint density at radius 2 is 2.02 bits per heavy atom. The maximum atomic E-state index is 13.8. The highest BCUT2D eigenvalue weighted by Crippen LogP contribution is 2.47. The molecule has 7 rings (SSSR count). The molecular weight excluding hydrogens is 508 g/mol. The number of carbonyl (C=O) groups is 1. The summed E-state index contributed by atoms with van der Waals surface area (Å²) in [5.41, 5.74) is 5.13. The second kappa shape index (κ2) is 9.88. The van der Waals surface area contributed by atoms with Crippen molar-refractivity contribution in [2.24, 2.45) is 11.8 Å². The zero-order chi connectivity index (χ0) is 27.4. The molecule has 1 saturated heterocycles. The Morgan fingerprint density at radius 1 is 1.15 bits per heavy atom. The lowest BCUT2D eigenvalue weighted by atomic mass is 9.70. The summed E-state index contributed by atoms with van der Waals surface area (Å²) in [5, 5.41) is 23.5. The molecule has 0 saturated carbocycles. The van der Waals surface area contributed by atoms with Crippen LogP contribution in [0.25, 0.3) is 11.0 Å². The van der Waals surface area contributed by atoms with E-state index in [1.54, 1.807) is 18.2 Å². The number of quaternary nitrogens is 1. The molecule has 10 nitrogen and oxygen atoms in total. The first kappa shape index (κ1) is 25.0. The first-order chi connectivity index (χ1) is 19.5. The standard InChI is InChI=1S/C30H32N6O4/c37-28-9-3-7-25-19-13-20(17-34(25)28)29-22(15-18-14-21(36(39)40)10-11-26(18)35(29)16-19)30(38)31-12-4-8-27-32-23-5-1-2-6-24(23)33-27/h1-3,5-7,9-11,14,19-20,22,29,36,39H,4,8,12-13,15-17H2,(H,31,38)(H,32,33)/t19?,20?,22-,29+/m1/s1. The molecule has 1 amide bonds. The van der Waals surface area contributed by atoms with Gasteiger partial charge < -0.3 is 25.0 Å². The van der Waals surface area contributed by atoms with E-state index in [2.05, 4.69) is 20.2 Å². The number of benzene rings is 2. The second-order valence-corrected chi connectivity index (χ2v) is 11.3. The molecule has 2 aromatic heterocycles. The summed E-state index contributed by atoms with van der Waals surface area (Å²) in [6, 6.07) is 18.6. The Bertz CT molecular complexity index is 1610. The highest BCUT2D eigenvalue weighted by molar-refractivity contribution is 5.82. The summed E-state index contributed by atoms with van der Waals surface area (Å²) < 4.78 is 1.89. The molecule has 2 aromatic carbocycles. The SMILES string of the molecule is O=C(NCCCc1nc2ccccc2[nH]1)[C@@H]1Cc2cc([NH+]([O-])O)ccc2N2CC3CC(Cn4c3cccc4=O)[C@@H]12. The first-order valence-electron chi connectivity index (χ1n) is 14.0. The van der Waals surface area contributed by atoms with Gasteiger partial charge in [0.15, 0.2) is 5.69 Å². The first-order valence-corrected chi connectivity index (χ1v) is 14.0. The van der Waals surface area contributed by atoms with Crippen molar-refractivity contribution in [2.45, 2.75) is 44.2 Å². The van der Waals surface area contributed by atoms with Crippen LogP contribution in [0.4, 0.5) is 11.4 Å². The van der Waals surface area contributed by atoms with Gasteiger partial charge in [0.1, 0.15) is 5.82 Å². The third-order valence-corrected chi connectivity index (χ3v) is 8.92. The van der Waals surface area contributed by atoms with E-state index in [-0.39, 0.29) is 40.9 Å². The number of aryl methyl sites for hydroxylation is 1. The quantitative estimate of drug-likeness (QED) is 0.219. The summed E-state index contributed by atoms with van der Waals surface area (Å²) in [4.78, 5) is 36.8. The molecule has 2 bridgehead atoms. The van der Waals surface area contributed by atoms with Crippen molar-refractivity contribution in [2.75, 3.05) is 18.0 Å².